The van der Waals surface area contributed by atoms with Gasteiger partial charge in [-0.3, -0.25) is 0 Å². The van der Waals surface area contributed by atoms with Crippen molar-refractivity contribution in [2.75, 3.05) is 5.32 Å². The monoisotopic (exact) mass is 429 g/mol. The summed E-state index contributed by atoms with van der Waals surface area (Å²) in [5.74, 6) is -0.564. The molecule has 6 nitrogen and oxygen atoms in total. The van der Waals surface area contributed by atoms with Gasteiger partial charge in [0.25, 0.3) is 0 Å². The molecule has 0 atom stereocenters. The maximum Gasteiger partial charge on any atom is 0.416 e. The standard InChI is InChI=1S/C19H22F3N3O3S/c1-13(2)24-18(26)25-17-8-6-14(7-9-17)11-23-29(27,28)12-15-4-3-5-16(10-15)19(20,21)22/h3-10,13,23H,11-12H2,1-2H3,(H2,24,25,26). The Bertz CT molecular complexity index is 943. The molecule has 2 rings (SSSR count). The van der Waals surface area contributed by atoms with Gasteiger partial charge in [0.2, 0.25) is 10.0 Å². The maximum absolute atomic E-state index is 12.7. The lowest BCUT2D eigenvalue weighted by atomic mass is 10.1. The van der Waals surface area contributed by atoms with Gasteiger partial charge in [-0.05, 0) is 43.2 Å². The molecule has 0 unspecified atom stereocenters. The lowest BCUT2D eigenvalue weighted by Gasteiger charge is -2.11. The van der Waals surface area contributed by atoms with Crippen LogP contribution in [-0.2, 0) is 28.5 Å². The number of anilines is 1. The van der Waals surface area contributed by atoms with Gasteiger partial charge in [-0.2, -0.15) is 13.2 Å². The summed E-state index contributed by atoms with van der Waals surface area (Å²) in [5, 5.41) is 5.32. The van der Waals surface area contributed by atoms with E-state index < -0.39 is 27.5 Å². The zero-order valence-corrected chi connectivity index (χ0v) is 16.7. The largest absolute Gasteiger partial charge is 0.416 e. The van der Waals surface area contributed by atoms with Crippen LogP contribution in [0.5, 0.6) is 0 Å². The summed E-state index contributed by atoms with van der Waals surface area (Å²) in [4.78, 5) is 11.6. The summed E-state index contributed by atoms with van der Waals surface area (Å²) < 4.78 is 65.0. The Labute approximate surface area is 167 Å². The van der Waals surface area contributed by atoms with Gasteiger partial charge in [-0.15, -0.1) is 0 Å². The first-order valence-corrected chi connectivity index (χ1v) is 10.4. The number of rotatable bonds is 7. The van der Waals surface area contributed by atoms with E-state index in [0.717, 1.165) is 12.1 Å². The number of sulfonamides is 1. The van der Waals surface area contributed by atoms with Crippen LogP contribution in [0.2, 0.25) is 0 Å². The van der Waals surface area contributed by atoms with E-state index in [0.29, 0.717) is 11.3 Å². The van der Waals surface area contributed by atoms with Gasteiger partial charge < -0.3 is 10.6 Å². The Balaban J connectivity index is 1.94. The van der Waals surface area contributed by atoms with E-state index in [9.17, 15) is 26.4 Å². The number of hydrogen-bond acceptors (Lipinski definition) is 3. The first kappa shape index (κ1) is 22.7. The van der Waals surface area contributed by atoms with E-state index in [2.05, 4.69) is 15.4 Å². The fourth-order valence-electron chi connectivity index (χ4n) is 2.44. The van der Waals surface area contributed by atoms with Crippen molar-refractivity contribution in [3.05, 3.63) is 65.2 Å². The van der Waals surface area contributed by atoms with Crippen molar-refractivity contribution in [2.24, 2.45) is 0 Å². The molecule has 0 aliphatic heterocycles. The van der Waals surface area contributed by atoms with Gasteiger partial charge in [-0.25, -0.2) is 17.9 Å². The average molecular weight is 429 g/mol. The maximum atomic E-state index is 12.7. The summed E-state index contributed by atoms with van der Waals surface area (Å²) >= 11 is 0. The summed E-state index contributed by atoms with van der Waals surface area (Å²) in [6.45, 7) is 3.63. The minimum absolute atomic E-state index is 0.0134. The predicted molar refractivity (Wildman–Crippen MR) is 105 cm³/mol. The SMILES string of the molecule is CC(C)NC(=O)Nc1ccc(CNS(=O)(=O)Cc2cccc(C(F)(F)F)c2)cc1. The van der Waals surface area contributed by atoms with Gasteiger partial charge >= 0.3 is 12.2 Å². The molecular formula is C19H22F3N3O3S. The molecule has 0 bridgehead atoms. The van der Waals surface area contributed by atoms with Crippen molar-refractivity contribution < 1.29 is 26.4 Å². The number of benzene rings is 2. The summed E-state index contributed by atoms with van der Waals surface area (Å²) in [7, 11) is -3.83. The second-order valence-corrected chi connectivity index (χ2v) is 8.54. The Kier molecular flexibility index (Phi) is 7.26. The highest BCUT2D eigenvalue weighted by Crippen LogP contribution is 2.29. The van der Waals surface area contributed by atoms with E-state index in [1.165, 1.54) is 12.1 Å². The Morgan fingerprint density at radius 1 is 1.03 bits per heavy atom. The topological polar surface area (TPSA) is 87.3 Å². The van der Waals surface area contributed by atoms with Crippen molar-refractivity contribution >= 4 is 21.7 Å². The second-order valence-electron chi connectivity index (χ2n) is 6.73. The number of hydrogen-bond donors (Lipinski definition) is 3. The second kappa shape index (κ2) is 9.27. The third-order valence-corrected chi connectivity index (χ3v) is 5.04. The third-order valence-electron chi connectivity index (χ3n) is 3.74. The lowest BCUT2D eigenvalue weighted by Crippen LogP contribution is -2.34. The molecule has 0 fully saturated rings. The van der Waals surface area contributed by atoms with Crippen LogP contribution in [0.25, 0.3) is 0 Å². The quantitative estimate of drug-likeness (QED) is 0.625. The molecule has 158 valence electrons. The molecule has 0 aliphatic rings. The van der Waals surface area contributed by atoms with Crippen LogP contribution in [0.1, 0.15) is 30.5 Å². The number of nitrogens with one attached hydrogen (secondary N) is 3. The minimum atomic E-state index is -4.53. The van der Waals surface area contributed by atoms with Crippen LogP contribution in [-0.4, -0.2) is 20.5 Å². The first-order chi connectivity index (χ1) is 13.4. The van der Waals surface area contributed by atoms with Crippen LogP contribution in [0.3, 0.4) is 0 Å². The normalized spacial score (nSPS) is 12.1. The molecule has 2 amide bonds. The molecule has 2 aromatic carbocycles. The number of urea groups is 1. The molecule has 0 saturated carbocycles. The van der Waals surface area contributed by atoms with Gasteiger partial charge in [0.15, 0.2) is 0 Å². The van der Waals surface area contributed by atoms with Crippen molar-refractivity contribution in [2.45, 2.75) is 38.4 Å². The zero-order valence-electron chi connectivity index (χ0n) is 15.9. The molecular weight excluding hydrogens is 407 g/mol. The summed E-state index contributed by atoms with van der Waals surface area (Å²) in [6.07, 6.45) is -4.53. The molecule has 0 heterocycles. The lowest BCUT2D eigenvalue weighted by molar-refractivity contribution is -0.137. The smallest absolute Gasteiger partial charge is 0.336 e. The Morgan fingerprint density at radius 3 is 2.28 bits per heavy atom. The molecule has 3 N–H and O–H groups in total. The molecule has 10 heteroatoms. The number of carbonyl (C=O) groups excluding carboxylic acids is 1. The fraction of sp³-hybridized carbons (Fsp3) is 0.316. The number of halogens is 3. The Morgan fingerprint density at radius 2 is 1.69 bits per heavy atom. The predicted octanol–water partition coefficient (Wildman–Crippen LogP) is 3.85. The van der Waals surface area contributed by atoms with Crippen LogP contribution in [0.15, 0.2) is 48.5 Å². The molecule has 0 spiro atoms. The molecule has 0 saturated heterocycles. The number of alkyl halides is 3. The molecule has 0 aromatic heterocycles. The van der Waals surface area contributed by atoms with Crippen molar-refractivity contribution in [1.29, 1.82) is 0 Å². The zero-order chi connectivity index (χ0) is 21.7. The van der Waals surface area contributed by atoms with Crippen LogP contribution < -0.4 is 15.4 Å². The van der Waals surface area contributed by atoms with E-state index in [1.54, 1.807) is 24.3 Å². The average Bonchev–Trinajstić information content (AvgIpc) is 2.59. The summed E-state index contributed by atoms with van der Waals surface area (Å²) in [6, 6.07) is 10.4. The van der Waals surface area contributed by atoms with Gasteiger partial charge in [0.05, 0.1) is 11.3 Å². The summed E-state index contributed by atoms with van der Waals surface area (Å²) in [5.41, 5.74) is 0.323. The van der Waals surface area contributed by atoms with E-state index in [-0.39, 0.29) is 24.2 Å². The van der Waals surface area contributed by atoms with E-state index in [4.69, 9.17) is 0 Å². The first-order valence-electron chi connectivity index (χ1n) is 8.74. The molecule has 2 aromatic rings. The third kappa shape index (κ3) is 7.74. The van der Waals surface area contributed by atoms with E-state index in [1.807, 2.05) is 13.8 Å². The van der Waals surface area contributed by atoms with Crippen molar-refractivity contribution in [3.63, 3.8) is 0 Å². The highest BCUT2D eigenvalue weighted by atomic mass is 32.2. The van der Waals surface area contributed by atoms with Crippen LogP contribution >= 0.6 is 0 Å². The van der Waals surface area contributed by atoms with Gasteiger partial charge in [-0.1, -0.05) is 30.3 Å². The van der Waals surface area contributed by atoms with Crippen molar-refractivity contribution in [1.82, 2.24) is 10.0 Å². The van der Waals surface area contributed by atoms with Crippen LogP contribution in [0.4, 0.5) is 23.7 Å². The van der Waals surface area contributed by atoms with Crippen LogP contribution in [0, 0.1) is 0 Å². The highest BCUT2D eigenvalue weighted by Gasteiger charge is 2.30. The molecule has 29 heavy (non-hydrogen) atoms. The Hall–Kier alpha value is -2.59. The molecule has 0 aliphatic carbocycles. The minimum Gasteiger partial charge on any atom is -0.336 e. The van der Waals surface area contributed by atoms with Crippen molar-refractivity contribution in [3.8, 4) is 0 Å². The molecule has 0 radical (unpaired) electrons. The van der Waals surface area contributed by atoms with E-state index >= 15 is 0 Å². The highest BCUT2D eigenvalue weighted by molar-refractivity contribution is 7.88. The van der Waals surface area contributed by atoms with Gasteiger partial charge in [0, 0.05) is 18.3 Å². The number of carbonyl (C=O) groups is 1. The van der Waals surface area contributed by atoms with Gasteiger partial charge in [0.1, 0.15) is 0 Å². The number of amides is 2. The fourth-order valence-corrected chi connectivity index (χ4v) is 3.54.